The predicted molar refractivity (Wildman–Crippen MR) is 67.5 cm³/mol. The number of likely N-dealkylation sites (N-methyl/N-ethyl adjacent to an activating group) is 1. The van der Waals surface area contributed by atoms with Gasteiger partial charge >= 0.3 is 5.97 Å². The summed E-state index contributed by atoms with van der Waals surface area (Å²) in [6.45, 7) is 0. The SMILES string of the molecule is CN[C@@H](Cc1c[nH]c2cc(Cl)ccc12)C(=O)O. The molecule has 0 radical (unpaired) electrons. The standard InChI is InChI=1S/C12H13ClN2O2/c1-14-11(12(16)17)4-7-6-15-10-5-8(13)2-3-9(7)10/h2-3,5-6,11,14-15H,4H2,1H3,(H,16,17)/t11-/m0/s1. The average molecular weight is 253 g/mol. The van der Waals surface area contributed by atoms with Crippen LogP contribution in [0.4, 0.5) is 0 Å². The maximum Gasteiger partial charge on any atom is 0.321 e. The maximum atomic E-state index is 11.0. The number of carboxylic acids is 1. The minimum absolute atomic E-state index is 0.438. The van der Waals surface area contributed by atoms with Crippen molar-refractivity contribution in [3.8, 4) is 0 Å². The first-order chi connectivity index (χ1) is 8.11. The van der Waals surface area contributed by atoms with Gasteiger partial charge in [0.2, 0.25) is 0 Å². The molecule has 0 fully saturated rings. The molecule has 0 amide bonds. The molecule has 4 nitrogen and oxygen atoms in total. The molecular formula is C12H13ClN2O2. The second-order valence-electron chi connectivity index (χ2n) is 3.89. The number of nitrogens with one attached hydrogen (secondary N) is 2. The van der Waals surface area contributed by atoms with E-state index in [4.69, 9.17) is 16.7 Å². The summed E-state index contributed by atoms with van der Waals surface area (Å²) in [6.07, 6.45) is 2.27. The van der Waals surface area contributed by atoms with Gasteiger partial charge in [0, 0.05) is 28.5 Å². The van der Waals surface area contributed by atoms with Crippen molar-refractivity contribution >= 4 is 28.5 Å². The van der Waals surface area contributed by atoms with Crippen LogP contribution in [0.1, 0.15) is 5.56 Å². The molecule has 0 aliphatic rings. The molecule has 17 heavy (non-hydrogen) atoms. The Hall–Kier alpha value is -1.52. The van der Waals surface area contributed by atoms with Gasteiger partial charge in [-0.3, -0.25) is 4.79 Å². The number of carbonyl (C=O) groups is 1. The molecule has 1 aromatic carbocycles. The molecule has 0 aliphatic heterocycles. The molecule has 5 heteroatoms. The molecule has 90 valence electrons. The van der Waals surface area contributed by atoms with Crippen molar-refractivity contribution in [3.05, 3.63) is 35.0 Å². The molecule has 0 saturated heterocycles. The van der Waals surface area contributed by atoms with Crippen molar-refractivity contribution in [2.24, 2.45) is 0 Å². The number of carboxylic acid groups (broad SMARTS) is 1. The van der Waals surface area contributed by atoms with E-state index in [1.807, 2.05) is 18.3 Å². The van der Waals surface area contributed by atoms with E-state index in [1.54, 1.807) is 13.1 Å². The summed E-state index contributed by atoms with van der Waals surface area (Å²) >= 11 is 5.88. The summed E-state index contributed by atoms with van der Waals surface area (Å²) in [5, 5.41) is 13.4. The Labute approximate surface area is 104 Å². The van der Waals surface area contributed by atoms with Crippen molar-refractivity contribution in [3.63, 3.8) is 0 Å². The minimum atomic E-state index is -0.851. The Morgan fingerprint density at radius 3 is 3.00 bits per heavy atom. The Balaban J connectivity index is 2.33. The van der Waals surface area contributed by atoms with Crippen LogP contribution in [0.25, 0.3) is 10.9 Å². The van der Waals surface area contributed by atoms with Crippen molar-refractivity contribution in [2.75, 3.05) is 7.05 Å². The summed E-state index contributed by atoms with van der Waals surface area (Å²) < 4.78 is 0. The number of aliphatic carboxylic acids is 1. The van der Waals surface area contributed by atoms with Gasteiger partial charge in [0.25, 0.3) is 0 Å². The number of rotatable bonds is 4. The van der Waals surface area contributed by atoms with Crippen LogP contribution in [0.15, 0.2) is 24.4 Å². The number of hydrogen-bond donors (Lipinski definition) is 3. The fraction of sp³-hybridized carbons (Fsp3) is 0.250. The number of halogens is 1. The highest BCUT2D eigenvalue weighted by Crippen LogP contribution is 2.22. The molecule has 1 heterocycles. The lowest BCUT2D eigenvalue weighted by Crippen LogP contribution is -2.35. The van der Waals surface area contributed by atoms with Crippen LogP contribution in [0.2, 0.25) is 5.02 Å². The van der Waals surface area contributed by atoms with E-state index in [0.29, 0.717) is 11.4 Å². The van der Waals surface area contributed by atoms with Crippen molar-refractivity contribution < 1.29 is 9.90 Å². The van der Waals surface area contributed by atoms with Gasteiger partial charge in [0.15, 0.2) is 0 Å². The van der Waals surface area contributed by atoms with Gasteiger partial charge in [0.1, 0.15) is 6.04 Å². The second kappa shape index (κ2) is 4.77. The van der Waals surface area contributed by atoms with Crippen molar-refractivity contribution in [2.45, 2.75) is 12.5 Å². The predicted octanol–water partition coefficient (Wildman–Crippen LogP) is 2.04. The van der Waals surface area contributed by atoms with Crippen LogP contribution in [-0.2, 0) is 11.2 Å². The van der Waals surface area contributed by atoms with E-state index in [-0.39, 0.29) is 0 Å². The van der Waals surface area contributed by atoms with Crippen LogP contribution in [0.5, 0.6) is 0 Å². The molecule has 0 saturated carbocycles. The van der Waals surface area contributed by atoms with Gasteiger partial charge in [-0.1, -0.05) is 17.7 Å². The number of fused-ring (bicyclic) bond motifs is 1. The lowest BCUT2D eigenvalue weighted by Gasteiger charge is -2.09. The van der Waals surface area contributed by atoms with E-state index in [9.17, 15) is 4.79 Å². The van der Waals surface area contributed by atoms with Gasteiger partial charge in [0.05, 0.1) is 0 Å². The van der Waals surface area contributed by atoms with Gasteiger partial charge in [-0.25, -0.2) is 0 Å². The summed E-state index contributed by atoms with van der Waals surface area (Å²) in [4.78, 5) is 14.0. The number of H-pyrrole nitrogens is 1. The lowest BCUT2D eigenvalue weighted by molar-refractivity contribution is -0.139. The molecule has 0 aliphatic carbocycles. The monoisotopic (exact) mass is 252 g/mol. The maximum absolute atomic E-state index is 11.0. The normalized spacial score (nSPS) is 12.8. The zero-order valence-corrected chi connectivity index (χ0v) is 10.1. The van der Waals surface area contributed by atoms with E-state index >= 15 is 0 Å². The average Bonchev–Trinajstić information content (AvgIpc) is 2.67. The molecule has 0 spiro atoms. The Bertz CT molecular complexity index is 550. The van der Waals surface area contributed by atoms with Crippen LogP contribution in [-0.4, -0.2) is 29.1 Å². The fourth-order valence-electron chi connectivity index (χ4n) is 1.86. The summed E-state index contributed by atoms with van der Waals surface area (Å²) in [7, 11) is 1.64. The minimum Gasteiger partial charge on any atom is -0.480 e. The highest BCUT2D eigenvalue weighted by Gasteiger charge is 2.17. The van der Waals surface area contributed by atoms with Gasteiger partial charge in [-0.15, -0.1) is 0 Å². The van der Waals surface area contributed by atoms with Crippen LogP contribution < -0.4 is 5.32 Å². The summed E-state index contributed by atoms with van der Waals surface area (Å²) in [5.41, 5.74) is 1.89. The Kier molecular flexibility index (Phi) is 3.36. The summed E-state index contributed by atoms with van der Waals surface area (Å²) in [5.74, 6) is -0.851. The highest BCUT2D eigenvalue weighted by atomic mass is 35.5. The first-order valence-corrected chi connectivity index (χ1v) is 5.65. The fourth-order valence-corrected chi connectivity index (χ4v) is 2.03. The Morgan fingerprint density at radius 1 is 1.59 bits per heavy atom. The summed E-state index contributed by atoms with van der Waals surface area (Å²) in [6, 6.07) is 4.95. The molecule has 0 bridgehead atoms. The van der Waals surface area contributed by atoms with Gasteiger partial charge in [-0.2, -0.15) is 0 Å². The van der Waals surface area contributed by atoms with Crippen LogP contribution in [0, 0.1) is 0 Å². The second-order valence-corrected chi connectivity index (χ2v) is 4.32. The molecule has 2 rings (SSSR count). The third kappa shape index (κ3) is 2.43. The molecule has 2 aromatic rings. The van der Waals surface area contributed by atoms with E-state index in [1.165, 1.54) is 0 Å². The van der Waals surface area contributed by atoms with E-state index in [2.05, 4.69) is 10.3 Å². The van der Waals surface area contributed by atoms with E-state index in [0.717, 1.165) is 16.5 Å². The third-order valence-corrected chi connectivity index (χ3v) is 3.04. The zero-order valence-electron chi connectivity index (χ0n) is 9.33. The van der Waals surface area contributed by atoms with E-state index < -0.39 is 12.0 Å². The molecule has 1 atom stereocenters. The largest absolute Gasteiger partial charge is 0.480 e. The number of aromatic nitrogens is 1. The number of benzene rings is 1. The topological polar surface area (TPSA) is 65.1 Å². The van der Waals surface area contributed by atoms with Gasteiger partial charge in [-0.05, 0) is 24.7 Å². The third-order valence-electron chi connectivity index (χ3n) is 2.80. The highest BCUT2D eigenvalue weighted by molar-refractivity contribution is 6.31. The lowest BCUT2D eigenvalue weighted by atomic mass is 10.1. The molecular weight excluding hydrogens is 240 g/mol. The first kappa shape index (κ1) is 12.0. The number of hydrogen-bond acceptors (Lipinski definition) is 2. The first-order valence-electron chi connectivity index (χ1n) is 5.27. The number of aromatic amines is 1. The van der Waals surface area contributed by atoms with Crippen LogP contribution >= 0.6 is 11.6 Å². The van der Waals surface area contributed by atoms with Crippen molar-refractivity contribution in [1.82, 2.24) is 10.3 Å². The van der Waals surface area contributed by atoms with Gasteiger partial charge < -0.3 is 15.4 Å². The smallest absolute Gasteiger partial charge is 0.321 e. The Morgan fingerprint density at radius 2 is 2.35 bits per heavy atom. The molecule has 1 aromatic heterocycles. The zero-order chi connectivity index (χ0) is 12.4. The van der Waals surface area contributed by atoms with Crippen molar-refractivity contribution in [1.29, 1.82) is 0 Å². The molecule has 0 unspecified atom stereocenters. The molecule has 3 N–H and O–H groups in total. The quantitative estimate of drug-likeness (QED) is 0.780. The van der Waals surface area contributed by atoms with Crippen LogP contribution in [0.3, 0.4) is 0 Å².